The van der Waals surface area contributed by atoms with Gasteiger partial charge in [0.2, 0.25) is 10.0 Å². The van der Waals surface area contributed by atoms with Gasteiger partial charge in [0.1, 0.15) is 13.2 Å². The molecule has 8 heteroatoms. The Morgan fingerprint density at radius 3 is 2.34 bits per heavy atom. The van der Waals surface area contributed by atoms with Gasteiger partial charge in [-0.15, -0.1) is 0 Å². The summed E-state index contributed by atoms with van der Waals surface area (Å²) in [5, 5.41) is 3.04. The normalized spacial score (nSPS) is 13.1. The minimum atomic E-state index is -3.62. The molecule has 1 N–H and O–H groups in total. The highest BCUT2D eigenvalue weighted by Gasteiger charge is 2.21. The zero-order valence-corrected chi connectivity index (χ0v) is 18.5. The first-order valence-electron chi connectivity index (χ1n) is 10.2. The lowest BCUT2D eigenvalue weighted by Gasteiger charge is -2.18. The zero-order chi connectivity index (χ0) is 22.6. The number of nitrogens with zero attached hydrogens (tertiary/aromatic N) is 1. The van der Waals surface area contributed by atoms with Crippen LogP contribution in [0.15, 0.2) is 77.7 Å². The van der Waals surface area contributed by atoms with Gasteiger partial charge < -0.3 is 14.8 Å². The van der Waals surface area contributed by atoms with E-state index in [1.165, 1.54) is 16.4 Å². The number of rotatable bonds is 8. The number of sulfonamides is 1. The predicted molar refractivity (Wildman–Crippen MR) is 122 cm³/mol. The minimum absolute atomic E-state index is 0.0691. The van der Waals surface area contributed by atoms with Gasteiger partial charge in [-0.05, 0) is 48.0 Å². The molecule has 0 aromatic heterocycles. The first-order valence-corrected chi connectivity index (χ1v) is 11.6. The van der Waals surface area contributed by atoms with Gasteiger partial charge in [-0.3, -0.25) is 4.79 Å². The fourth-order valence-corrected chi connectivity index (χ4v) is 4.51. The molecule has 0 spiro atoms. The van der Waals surface area contributed by atoms with Crippen molar-refractivity contribution in [1.82, 2.24) is 4.31 Å². The summed E-state index contributed by atoms with van der Waals surface area (Å²) in [5.41, 5.74) is 2.08. The lowest BCUT2D eigenvalue weighted by molar-refractivity contribution is 0.100. The van der Waals surface area contributed by atoms with Gasteiger partial charge in [0.15, 0.2) is 17.3 Å². The van der Waals surface area contributed by atoms with Gasteiger partial charge in [0, 0.05) is 24.8 Å². The number of carbonyl (C=O) groups is 1. The minimum Gasteiger partial charge on any atom is -0.486 e. The fourth-order valence-electron chi connectivity index (χ4n) is 3.35. The topological polar surface area (TPSA) is 84.9 Å². The Labute approximate surface area is 187 Å². The smallest absolute Gasteiger partial charge is 0.243 e. The third-order valence-corrected chi connectivity index (χ3v) is 6.95. The summed E-state index contributed by atoms with van der Waals surface area (Å²) >= 11 is 0. The molecule has 0 saturated heterocycles. The van der Waals surface area contributed by atoms with Gasteiger partial charge >= 0.3 is 0 Å². The molecule has 0 atom stereocenters. The number of Topliss-reactive ketones (excluding diaryl/α,β-unsaturated/α-hetero) is 1. The second kappa shape index (κ2) is 9.42. The number of fused-ring (bicyclic) bond motifs is 1. The molecule has 3 aromatic carbocycles. The van der Waals surface area contributed by atoms with Crippen molar-refractivity contribution in [1.29, 1.82) is 0 Å². The van der Waals surface area contributed by atoms with Crippen LogP contribution < -0.4 is 14.8 Å². The van der Waals surface area contributed by atoms with Crippen molar-refractivity contribution in [2.75, 3.05) is 32.1 Å². The predicted octanol–water partition coefficient (Wildman–Crippen LogP) is 3.57. The highest BCUT2D eigenvalue weighted by molar-refractivity contribution is 7.89. The van der Waals surface area contributed by atoms with Crippen LogP contribution in [0, 0.1) is 0 Å². The molecule has 7 nitrogen and oxygen atoms in total. The van der Waals surface area contributed by atoms with E-state index in [0.717, 1.165) is 5.56 Å². The van der Waals surface area contributed by atoms with Crippen molar-refractivity contribution in [3.05, 3.63) is 83.9 Å². The fraction of sp³-hybridized carbons (Fsp3) is 0.208. The molecular formula is C24H24N2O5S. The average Bonchev–Trinajstić information content (AvgIpc) is 2.83. The van der Waals surface area contributed by atoms with E-state index < -0.39 is 10.0 Å². The maximum absolute atomic E-state index is 12.8. The van der Waals surface area contributed by atoms with Gasteiger partial charge in [-0.25, -0.2) is 8.42 Å². The summed E-state index contributed by atoms with van der Waals surface area (Å²) < 4.78 is 38.0. The molecular weight excluding hydrogens is 428 g/mol. The van der Waals surface area contributed by atoms with E-state index in [0.29, 0.717) is 36.0 Å². The molecule has 166 valence electrons. The maximum Gasteiger partial charge on any atom is 0.243 e. The molecule has 1 heterocycles. The summed E-state index contributed by atoms with van der Waals surface area (Å²) in [6.07, 6.45) is 0. The Bertz CT molecular complexity index is 1190. The van der Waals surface area contributed by atoms with Crippen LogP contribution in [-0.4, -0.2) is 45.3 Å². The molecule has 32 heavy (non-hydrogen) atoms. The second-order valence-corrected chi connectivity index (χ2v) is 9.45. The molecule has 0 aliphatic carbocycles. The Morgan fingerprint density at radius 2 is 1.62 bits per heavy atom. The van der Waals surface area contributed by atoms with Gasteiger partial charge in [0.05, 0.1) is 11.4 Å². The summed E-state index contributed by atoms with van der Waals surface area (Å²) in [6, 6.07) is 20.9. The number of nitrogens with one attached hydrogen (secondary N) is 1. The van der Waals surface area contributed by atoms with E-state index in [-0.39, 0.29) is 23.8 Å². The van der Waals surface area contributed by atoms with Crippen LogP contribution in [0.4, 0.5) is 5.69 Å². The monoisotopic (exact) mass is 452 g/mol. The van der Waals surface area contributed by atoms with E-state index in [2.05, 4.69) is 5.32 Å². The van der Waals surface area contributed by atoms with E-state index in [9.17, 15) is 13.2 Å². The molecule has 1 aliphatic rings. The van der Waals surface area contributed by atoms with E-state index in [4.69, 9.17) is 9.47 Å². The van der Waals surface area contributed by atoms with Gasteiger partial charge in [0.25, 0.3) is 0 Å². The van der Waals surface area contributed by atoms with Gasteiger partial charge in [-0.2, -0.15) is 4.31 Å². The second-order valence-electron chi connectivity index (χ2n) is 7.41. The van der Waals surface area contributed by atoms with Crippen molar-refractivity contribution in [2.45, 2.75) is 11.4 Å². The van der Waals surface area contributed by atoms with Gasteiger partial charge in [-0.1, -0.05) is 30.3 Å². The molecule has 1 aliphatic heterocycles. The van der Waals surface area contributed by atoms with Crippen LogP contribution >= 0.6 is 0 Å². The molecule has 0 fully saturated rings. The summed E-state index contributed by atoms with van der Waals surface area (Å²) in [6.45, 7) is 1.31. The summed E-state index contributed by atoms with van der Waals surface area (Å²) in [5.74, 6) is 1.09. The van der Waals surface area contributed by atoms with Crippen LogP contribution in [-0.2, 0) is 16.6 Å². The number of ether oxygens (including phenoxy) is 2. The van der Waals surface area contributed by atoms with Crippen LogP contribution in [0.2, 0.25) is 0 Å². The van der Waals surface area contributed by atoms with Crippen molar-refractivity contribution >= 4 is 21.5 Å². The molecule has 4 rings (SSSR count). The quantitative estimate of drug-likeness (QED) is 0.526. The van der Waals surface area contributed by atoms with E-state index in [1.807, 2.05) is 30.3 Å². The Balaban J connectivity index is 1.37. The van der Waals surface area contributed by atoms with Crippen molar-refractivity contribution in [3.8, 4) is 11.5 Å². The maximum atomic E-state index is 12.8. The van der Waals surface area contributed by atoms with Crippen LogP contribution in [0.1, 0.15) is 15.9 Å². The van der Waals surface area contributed by atoms with Crippen LogP contribution in [0.5, 0.6) is 11.5 Å². The Morgan fingerprint density at radius 1 is 0.938 bits per heavy atom. The molecule has 0 radical (unpaired) electrons. The lowest BCUT2D eigenvalue weighted by atomic mass is 10.1. The molecule has 0 bridgehead atoms. The van der Waals surface area contributed by atoms with Crippen molar-refractivity contribution in [3.63, 3.8) is 0 Å². The third kappa shape index (κ3) is 4.92. The Hall–Kier alpha value is -3.36. The molecule has 0 amide bonds. The molecule has 0 unspecified atom stereocenters. The standard InChI is InChI=1S/C24H24N2O5S/c1-26(17-18-5-3-2-4-6-18)32(28,29)21-10-8-20(9-11-21)25-16-22(27)19-7-12-23-24(15-19)31-14-13-30-23/h2-12,15,25H,13-14,16-17H2,1H3. The SMILES string of the molecule is CN(Cc1ccccc1)S(=O)(=O)c1ccc(NCC(=O)c2ccc3c(c2)OCCO3)cc1. The molecule has 3 aromatic rings. The van der Waals surface area contributed by atoms with E-state index in [1.54, 1.807) is 37.4 Å². The van der Waals surface area contributed by atoms with Crippen molar-refractivity contribution in [2.24, 2.45) is 0 Å². The molecule has 0 saturated carbocycles. The zero-order valence-electron chi connectivity index (χ0n) is 17.7. The largest absolute Gasteiger partial charge is 0.486 e. The Kier molecular flexibility index (Phi) is 6.43. The summed E-state index contributed by atoms with van der Waals surface area (Å²) in [4.78, 5) is 12.7. The number of ketones is 1. The van der Waals surface area contributed by atoms with Crippen molar-refractivity contribution < 1.29 is 22.7 Å². The highest BCUT2D eigenvalue weighted by atomic mass is 32.2. The highest BCUT2D eigenvalue weighted by Crippen LogP contribution is 2.31. The number of anilines is 1. The number of hydrogen-bond donors (Lipinski definition) is 1. The van der Waals surface area contributed by atoms with E-state index >= 15 is 0 Å². The lowest BCUT2D eigenvalue weighted by Crippen LogP contribution is -2.26. The van der Waals surface area contributed by atoms with Crippen LogP contribution in [0.3, 0.4) is 0 Å². The first-order chi connectivity index (χ1) is 15.4. The number of hydrogen-bond acceptors (Lipinski definition) is 6. The first kappa shape index (κ1) is 21.9. The third-order valence-electron chi connectivity index (χ3n) is 5.13. The number of carbonyl (C=O) groups excluding carboxylic acids is 1. The summed E-state index contributed by atoms with van der Waals surface area (Å²) in [7, 11) is -2.07. The average molecular weight is 453 g/mol. The van der Waals surface area contributed by atoms with Crippen LogP contribution in [0.25, 0.3) is 0 Å². The number of benzene rings is 3.